The highest BCUT2D eigenvalue weighted by Crippen LogP contribution is 2.07. The highest BCUT2D eigenvalue weighted by Gasteiger charge is 2.29. The van der Waals surface area contributed by atoms with Crippen LogP contribution >= 0.6 is 0 Å². The molecular formula is C4H5F3NO. The standard InChI is InChI=1S/C4H5F3NO/c1-3(9)8-4(6,7)2-5/h1-2H2,(H,8,9). The Kier molecular flexibility index (Phi) is 2.48. The van der Waals surface area contributed by atoms with Crippen molar-refractivity contribution in [3.63, 3.8) is 0 Å². The topological polar surface area (TPSA) is 29.1 Å². The van der Waals surface area contributed by atoms with Gasteiger partial charge in [0.25, 0.3) is 0 Å². The van der Waals surface area contributed by atoms with Crippen LogP contribution in [0.5, 0.6) is 0 Å². The Morgan fingerprint density at radius 1 is 1.67 bits per heavy atom. The summed E-state index contributed by atoms with van der Waals surface area (Å²) < 4.78 is 34.5. The summed E-state index contributed by atoms with van der Waals surface area (Å²) in [4.78, 5) is 9.75. The van der Waals surface area contributed by atoms with Gasteiger partial charge in [0.1, 0.15) is 0 Å². The normalized spacial score (nSPS) is 11.1. The molecule has 0 aliphatic carbocycles. The summed E-state index contributed by atoms with van der Waals surface area (Å²) in [7, 11) is 0. The van der Waals surface area contributed by atoms with Crippen molar-refractivity contribution in [2.24, 2.45) is 0 Å². The molecule has 0 aromatic heterocycles. The number of alkyl halides is 3. The van der Waals surface area contributed by atoms with E-state index in [0.717, 1.165) is 5.32 Å². The van der Waals surface area contributed by atoms with Crippen LogP contribution < -0.4 is 5.32 Å². The van der Waals surface area contributed by atoms with E-state index in [4.69, 9.17) is 0 Å². The van der Waals surface area contributed by atoms with E-state index in [1.807, 2.05) is 0 Å². The maximum absolute atomic E-state index is 11.7. The number of hydrogen-bond donors (Lipinski definition) is 1. The van der Waals surface area contributed by atoms with Gasteiger partial charge < -0.3 is 0 Å². The van der Waals surface area contributed by atoms with Gasteiger partial charge in [-0.3, -0.25) is 10.1 Å². The van der Waals surface area contributed by atoms with Gasteiger partial charge in [-0.1, -0.05) is 0 Å². The van der Waals surface area contributed by atoms with Crippen molar-refractivity contribution in [2.45, 2.75) is 6.05 Å². The number of halogens is 3. The summed E-state index contributed by atoms with van der Waals surface area (Å²) in [5.41, 5.74) is 0. The number of hydrogen-bond acceptors (Lipinski definition) is 1. The van der Waals surface area contributed by atoms with Crippen molar-refractivity contribution in [3.05, 3.63) is 6.92 Å². The van der Waals surface area contributed by atoms with Gasteiger partial charge in [-0.2, -0.15) is 8.78 Å². The molecule has 9 heavy (non-hydrogen) atoms. The molecule has 2 nitrogen and oxygen atoms in total. The van der Waals surface area contributed by atoms with Gasteiger partial charge in [-0.15, -0.1) is 0 Å². The number of rotatable bonds is 2. The van der Waals surface area contributed by atoms with Crippen molar-refractivity contribution in [1.29, 1.82) is 0 Å². The van der Waals surface area contributed by atoms with Crippen molar-refractivity contribution < 1.29 is 18.0 Å². The molecule has 0 aromatic carbocycles. The minimum absolute atomic E-state index is 1.01. The molecule has 0 aromatic rings. The maximum atomic E-state index is 11.7. The van der Waals surface area contributed by atoms with Gasteiger partial charge in [0, 0.05) is 6.92 Å². The molecule has 0 saturated heterocycles. The average Bonchev–Trinajstić information content (AvgIpc) is 1.63. The van der Waals surface area contributed by atoms with Crippen LogP contribution in [0, 0.1) is 6.92 Å². The third-order valence-electron chi connectivity index (χ3n) is 0.490. The lowest BCUT2D eigenvalue weighted by atomic mass is 10.5. The summed E-state index contributed by atoms with van der Waals surface area (Å²) in [6.45, 7) is 0.666. The molecule has 0 aliphatic rings. The molecule has 53 valence electrons. The third-order valence-corrected chi connectivity index (χ3v) is 0.490. The van der Waals surface area contributed by atoms with Gasteiger partial charge in [-0.05, 0) is 0 Å². The molecule has 1 amide bonds. The molecule has 0 unspecified atom stereocenters. The summed E-state index contributed by atoms with van der Waals surface area (Å²) in [5.74, 6) is -1.20. The van der Waals surface area contributed by atoms with Crippen LogP contribution in [-0.4, -0.2) is 18.6 Å². The summed E-state index contributed by atoms with van der Waals surface area (Å²) in [5, 5.41) is 1.01. The number of nitrogens with one attached hydrogen (secondary N) is 1. The van der Waals surface area contributed by atoms with Gasteiger partial charge in [0.15, 0.2) is 6.67 Å². The van der Waals surface area contributed by atoms with E-state index in [0.29, 0.717) is 0 Å². The summed E-state index contributed by atoms with van der Waals surface area (Å²) >= 11 is 0. The molecule has 0 atom stereocenters. The maximum Gasteiger partial charge on any atom is 0.353 e. The molecule has 0 aliphatic heterocycles. The fraction of sp³-hybridized carbons (Fsp3) is 0.500. The first-order valence-electron chi connectivity index (χ1n) is 2.06. The van der Waals surface area contributed by atoms with Crippen LogP contribution in [0.25, 0.3) is 0 Å². The van der Waals surface area contributed by atoms with E-state index >= 15 is 0 Å². The second-order valence-electron chi connectivity index (χ2n) is 1.39. The van der Waals surface area contributed by atoms with Gasteiger partial charge in [0.05, 0.1) is 0 Å². The average molecular weight is 140 g/mol. The molecule has 0 bridgehead atoms. The molecule has 1 radical (unpaired) electrons. The van der Waals surface area contributed by atoms with Gasteiger partial charge >= 0.3 is 6.05 Å². The second kappa shape index (κ2) is 2.70. The predicted molar refractivity (Wildman–Crippen MR) is 24.4 cm³/mol. The van der Waals surface area contributed by atoms with Crippen molar-refractivity contribution in [2.75, 3.05) is 6.67 Å². The predicted octanol–water partition coefficient (Wildman–Crippen LogP) is 0.499. The highest BCUT2D eigenvalue weighted by atomic mass is 19.3. The molecule has 0 fully saturated rings. The minimum Gasteiger partial charge on any atom is -0.295 e. The Morgan fingerprint density at radius 3 is 2.22 bits per heavy atom. The first-order chi connectivity index (χ1) is 3.98. The van der Waals surface area contributed by atoms with Gasteiger partial charge in [-0.25, -0.2) is 4.39 Å². The first-order valence-corrected chi connectivity index (χ1v) is 2.06. The fourth-order valence-electron chi connectivity index (χ4n) is 0.237. The second-order valence-corrected chi connectivity index (χ2v) is 1.39. The van der Waals surface area contributed by atoms with E-state index in [-0.39, 0.29) is 0 Å². The van der Waals surface area contributed by atoms with Crippen LogP contribution in [-0.2, 0) is 4.79 Å². The van der Waals surface area contributed by atoms with Crippen LogP contribution in [0.3, 0.4) is 0 Å². The highest BCUT2D eigenvalue weighted by molar-refractivity contribution is 5.80. The van der Waals surface area contributed by atoms with Crippen LogP contribution in [0.2, 0.25) is 0 Å². The molecule has 0 spiro atoms. The molecule has 0 heterocycles. The number of carbonyl (C=O) groups excluding carboxylic acids is 1. The molecule has 0 rings (SSSR count). The quantitative estimate of drug-likeness (QED) is 0.556. The molecule has 5 heteroatoms. The lowest BCUT2D eigenvalue weighted by Gasteiger charge is -2.10. The van der Waals surface area contributed by atoms with Crippen molar-refractivity contribution in [3.8, 4) is 0 Å². The summed E-state index contributed by atoms with van der Waals surface area (Å²) in [6, 6.07) is -3.77. The van der Waals surface area contributed by atoms with E-state index < -0.39 is 18.6 Å². The van der Waals surface area contributed by atoms with Crippen LogP contribution in [0.1, 0.15) is 0 Å². The Hall–Kier alpha value is -0.740. The van der Waals surface area contributed by atoms with Crippen LogP contribution in [0.4, 0.5) is 13.2 Å². The summed E-state index contributed by atoms with van der Waals surface area (Å²) in [6.07, 6.45) is 0. The van der Waals surface area contributed by atoms with Crippen molar-refractivity contribution >= 4 is 5.91 Å². The zero-order chi connectivity index (χ0) is 7.49. The lowest BCUT2D eigenvalue weighted by Crippen LogP contribution is -2.41. The lowest BCUT2D eigenvalue weighted by molar-refractivity contribution is -0.129. The Bertz CT molecular complexity index is 114. The third kappa shape index (κ3) is 3.81. The first kappa shape index (κ1) is 8.26. The largest absolute Gasteiger partial charge is 0.353 e. The smallest absolute Gasteiger partial charge is 0.295 e. The Morgan fingerprint density at radius 2 is 2.11 bits per heavy atom. The number of amides is 1. The minimum atomic E-state index is -3.77. The molecular weight excluding hydrogens is 135 g/mol. The molecule has 0 saturated carbocycles. The van der Waals surface area contributed by atoms with E-state index in [2.05, 4.69) is 6.92 Å². The number of carbonyl (C=O) groups is 1. The Balaban J connectivity index is 3.71. The van der Waals surface area contributed by atoms with E-state index in [9.17, 15) is 18.0 Å². The molecule has 1 N–H and O–H groups in total. The van der Waals surface area contributed by atoms with Crippen LogP contribution in [0.15, 0.2) is 0 Å². The van der Waals surface area contributed by atoms with E-state index in [1.165, 1.54) is 0 Å². The van der Waals surface area contributed by atoms with Gasteiger partial charge in [0.2, 0.25) is 5.91 Å². The fourth-order valence-corrected chi connectivity index (χ4v) is 0.237. The van der Waals surface area contributed by atoms with E-state index in [1.54, 1.807) is 0 Å². The SMILES string of the molecule is [CH2]C(=O)NC(F)(F)CF. The monoisotopic (exact) mass is 140 g/mol. The van der Waals surface area contributed by atoms with Crippen molar-refractivity contribution in [1.82, 2.24) is 5.32 Å². The Labute approximate surface area is 50.0 Å². The zero-order valence-electron chi connectivity index (χ0n) is 4.46. The zero-order valence-corrected chi connectivity index (χ0v) is 4.46.